The van der Waals surface area contributed by atoms with E-state index in [0.29, 0.717) is 13.0 Å². The predicted octanol–water partition coefficient (Wildman–Crippen LogP) is 7.72. The Hall–Kier alpha value is -2.60. The molecule has 0 amide bonds. The van der Waals surface area contributed by atoms with E-state index in [1.54, 1.807) is 0 Å². The lowest BCUT2D eigenvalue weighted by molar-refractivity contribution is -0.289. The number of alkyl halides is 1. The Morgan fingerprint density at radius 2 is 1.33 bits per heavy atom. The molecular formula is C38H58FN3O7. The van der Waals surface area contributed by atoms with Crippen molar-refractivity contribution in [2.75, 3.05) is 13.2 Å². The van der Waals surface area contributed by atoms with Gasteiger partial charge in [0, 0.05) is 4.91 Å². The average molecular weight is 688 g/mol. The summed E-state index contributed by atoms with van der Waals surface area (Å²) < 4.78 is 39.1. The second-order valence-electron chi connectivity index (χ2n) is 13.0. The van der Waals surface area contributed by atoms with Crippen molar-refractivity contribution in [2.24, 2.45) is 5.11 Å². The third-order valence-corrected chi connectivity index (χ3v) is 9.12. The molecule has 0 unspecified atom stereocenters. The number of nitrogens with zero attached hydrogens (tertiary/aromatic N) is 3. The summed E-state index contributed by atoms with van der Waals surface area (Å²) in [5.74, 6) is 0. The number of hydrogen-bond acceptors (Lipinski definition) is 8. The van der Waals surface area contributed by atoms with Crippen molar-refractivity contribution in [2.45, 2.75) is 153 Å². The summed E-state index contributed by atoms with van der Waals surface area (Å²) in [6.07, 6.45) is 5.70. The molecule has 1 saturated heterocycles. The Morgan fingerprint density at radius 1 is 0.796 bits per heavy atom. The normalized spacial score (nSPS) is 22.7. The van der Waals surface area contributed by atoms with Gasteiger partial charge in [-0.05, 0) is 23.1 Å². The van der Waals surface area contributed by atoms with E-state index < -0.39 is 55.6 Å². The highest BCUT2D eigenvalue weighted by atomic mass is 19.1. The molecule has 0 saturated carbocycles. The Labute approximate surface area is 291 Å². The first-order valence-corrected chi connectivity index (χ1v) is 18.2. The lowest BCUT2D eigenvalue weighted by Crippen LogP contribution is -2.58. The molecule has 1 aliphatic rings. The number of halogens is 1. The van der Waals surface area contributed by atoms with Crippen LogP contribution in [0, 0.1) is 0 Å². The fourth-order valence-corrected chi connectivity index (χ4v) is 6.17. The van der Waals surface area contributed by atoms with Crippen molar-refractivity contribution < 1.29 is 38.7 Å². The average Bonchev–Trinajstić information content (AvgIpc) is 3.13. The Morgan fingerprint density at radius 3 is 1.86 bits per heavy atom. The first-order valence-electron chi connectivity index (χ1n) is 18.2. The van der Waals surface area contributed by atoms with Crippen LogP contribution in [0.25, 0.3) is 10.4 Å². The van der Waals surface area contributed by atoms with Gasteiger partial charge in [-0.25, -0.2) is 4.39 Å². The molecule has 2 aromatic rings. The summed E-state index contributed by atoms with van der Waals surface area (Å²) in [4.78, 5) is 3.06. The van der Waals surface area contributed by atoms with E-state index in [1.165, 1.54) is 57.8 Å². The lowest BCUT2D eigenvalue weighted by atomic mass is 9.98. The van der Waals surface area contributed by atoms with Crippen LogP contribution in [0.2, 0.25) is 0 Å². The molecule has 8 atom stereocenters. The minimum absolute atomic E-state index is 0.218. The van der Waals surface area contributed by atoms with Gasteiger partial charge in [0.25, 0.3) is 0 Å². The van der Waals surface area contributed by atoms with Crippen LogP contribution in [-0.2, 0) is 32.2 Å². The van der Waals surface area contributed by atoms with Gasteiger partial charge in [0.1, 0.15) is 18.3 Å². The molecule has 11 heteroatoms. The summed E-state index contributed by atoms with van der Waals surface area (Å²) in [6, 6.07) is 18.5. The third kappa shape index (κ3) is 15.0. The van der Waals surface area contributed by atoms with E-state index in [9.17, 15) is 25.2 Å². The number of azide groups is 1. The highest BCUT2D eigenvalue weighted by Crippen LogP contribution is 2.27. The van der Waals surface area contributed by atoms with Crippen LogP contribution in [-0.4, -0.2) is 77.6 Å². The Bertz CT molecular complexity index is 1160. The van der Waals surface area contributed by atoms with Gasteiger partial charge in [0.15, 0.2) is 12.5 Å². The van der Waals surface area contributed by atoms with Gasteiger partial charge >= 0.3 is 0 Å². The molecule has 3 rings (SSSR count). The maximum absolute atomic E-state index is 15.0. The highest BCUT2D eigenvalue weighted by Gasteiger charge is 2.46. The third-order valence-electron chi connectivity index (χ3n) is 9.12. The lowest BCUT2D eigenvalue weighted by Gasteiger charge is -2.39. The topological polar surface area (TPSA) is 146 Å². The van der Waals surface area contributed by atoms with Crippen LogP contribution >= 0.6 is 0 Å². The molecule has 0 radical (unpaired) electrons. The monoisotopic (exact) mass is 687 g/mol. The quantitative estimate of drug-likeness (QED) is 0.0397. The molecular weight excluding hydrogens is 629 g/mol. The van der Waals surface area contributed by atoms with Crippen LogP contribution in [0.4, 0.5) is 4.39 Å². The van der Waals surface area contributed by atoms with E-state index in [4.69, 9.17) is 18.9 Å². The second-order valence-corrected chi connectivity index (χ2v) is 13.0. The Kier molecular flexibility index (Phi) is 20.4. The minimum atomic E-state index is -2.08. The first-order chi connectivity index (χ1) is 24.0. The number of hydrogen-bond donors (Lipinski definition) is 3. The maximum atomic E-state index is 15.0. The fraction of sp³-hybridized carbons (Fsp3) is 0.684. The maximum Gasteiger partial charge on any atom is 0.192 e. The van der Waals surface area contributed by atoms with E-state index in [1.807, 2.05) is 60.7 Å². The van der Waals surface area contributed by atoms with Crippen molar-refractivity contribution in [1.82, 2.24) is 0 Å². The zero-order valence-electron chi connectivity index (χ0n) is 29.1. The molecule has 0 spiro atoms. The van der Waals surface area contributed by atoms with Crippen molar-refractivity contribution in [3.63, 3.8) is 0 Å². The number of aliphatic hydroxyl groups excluding tert-OH is 3. The molecule has 0 bridgehead atoms. The van der Waals surface area contributed by atoms with Crippen LogP contribution in [0.15, 0.2) is 65.8 Å². The molecule has 1 heterocycles. The highest BCUT2D eigenvalue weighted by molar-refractivity contribution is 5.14. The minimum Gasteiger partial charge on any atom is -0.394 e. The van der Waals surface area contributed by atoms with Gasteiger partial charge in [-0.3, -0.25) is 0 Å². The van der Waals surface area contributed by atoms with Gasteiger partial charge < -0.3 is 34.3 Å². The van der Waals surface area contributed by atoms with Crippen LogP contribution in [0.3, 0.4) is 0 Å². The number of rotatable bonds is 26. The van der Waals surface area contributed by atoms with E-state index >= 15 is 0 Å². The zero-order chi connectivity index (χ0) is 35.1. The second kappa shape index (κ2) is 24.5. The fourth-order valence-electron chi connectivity index (χ4n) is 6.17. The summed E-state index contributed by atoms with van der Waals surface area (Å²) in [7, 11) is 0. The molecule has 49 heavy (non-hydrogen) atoms. The molecule has 0 aliphatic carbocycles. The SMILES string of the molecule is CCCCCCCCCCCCCC[C@@H](OCc1ccccc1)[C@@H](OCc1ccccc1)[C@H](CO[C@@H]1O[C@H](CO)[C@H](O)[C@H](O)[C@H]1F)N=[N+]=[N-]. The standard InChI is InChI=1S/C38H58FN3O7/c1-2-3-4-5-6-7-8-9-10-11-12-19-24-32(46-26-29-20-15-13-16-21-29)37(47-27-30-22-17-14-18-23-30)31(41-42-40)28-48-38-34(39)36(45)35(44)33(25-43)49-38/h13-18,20-23,31-38,43-45H,2-12,19,24-28H2,1H3/t31-,32+,33+,34+,35-,36+,37-,38+/m0/s1. The zero-order valence-corrected chi connectivity index (χ0v) is 29.1. The first kappa shape index (κ1) is 40.8. The summed E-state index contributed by atoms with van der Waals surface area (Å²) in [5.41, 5.74) is 11.5. The smallest absolute Gasteiger partial charge is 0.192 e. The molecule has 1 fully saturated rings. The number of aliphatic hydroxyl groups is 3. The molecule has 274 valence electrons. The van der Waals surface area contributed by atoms with Gasteiger partial charge in [0.2, 0.25) is 0 Å². The van der Waals surface area contributed by atoms with Gasteiger partial charge in [-0.2, -0.15) is 0 Å². The number of ether oxygens (including phenoxy) is 4. The largest absolute Gasteiger partial charge is 0.394 e. The summed E-state index contributed by atoms with van der Waals surface area (Å²) in [5, 5.41) is 33.8. The van der Waals surface area contributed by atoms with Gasteiger partial charge in [0.05, 0.1) is 44.7 Å². The van der Waals surface area contributed by atoms with Crippen molar-refractivity contribution >= 4 is 0 Å². The van der Waals surface area contributed by atoms with Crippen LogP contribution in [0.5, 0.6) is 0 Å². The predicted molar refractivity (Wildman–Crippen MR) is 187 cm³/mol. The Balaban J connectivity index is 1.69. The van der Waals surface area contributed by atoms with Gasteiger partial charge in [-0.15, -0.1) is 0 Å². The van der Waals surface area contributed by atoms with Crippen molar-refractivity contribution in [3.05, 3.63) is 82.2 Å². The van der Waals surface area contributed by atoms with Crippen LogP contribution in [0.1, 0.15) is 102 Å². The van der Waals surface area contributed by atoms with E-state index in [0.717, 1.165) is 30.4 Å². The molecule has 3 N–H and O–H groups in total. The molecule has 1 aliphatic heterocycles. The number of benzene rings is 2. The van der Waals surface area contributed by atoms with Crippen molar-refractivity contribution in [3.8, 4) is 0 Å². The molecule has 10 nitrogen and oxygen atoms in total. The van der Waals surface area contributed by atoms with E-state index in [2.05, 4.69) is 16.9 Å². The molecule has 0 aromatic heterocycles. The van der Waals surface area contributed by atoms with Crippen molar-refractivity contribution in [1.29, 1.82) is 0 Å². The summed E-state index contributed by atoms with van der Waals surface area (Å²) in [6.45, 7) is 1.84. The van der Waals surface area contributed by atoms with E-state index in [-0.39, 0.29) is 13.2 Å². The number of unbranched alkanes of at least 4 members (excludes halogenated alkanes) is 11. The van der Waals surface area contributed by atoms with Gasteiger partial charge in [-0.1, -0.05) is 150 Å². The molecule has 2 aromatic carbocycles. The van der Waals surface area contributed by atoms with Crippen LogP contribution < -0.4 is 0 Å². The summed E-state index contributed by atoms with van der Waals surface area (Å²) >= 11 is 0.